The van der Waals surface area contributed by atoms with Crippen LogP contribution in [-0.2, 0) is 13.0 Å². The largest absolute Gasteiger partial charge is 0.497 e. The number of methoxy groups -OCH3 is 1. The molecule has 2 aromatic rings. The summed E-state index contributed by atoms with van der Waals surface area (Å²) < 4.78 is 7.34. The molecule has 2 N–H and O–H groups in total. The lowest BCUT2D eigenvalue weighted by Gasteiger charge is -2.15. The van der Waals surface area contributed by atoms with Gasteiger partial charge in [0.25, 0.3) is 0 Å². The first-order valence-corrected chi connectivity index (χ1v) is 5.12. The van der Waals surface area contributed by atoms with Crippen LogP contribution in [-0.4, -0.2) is 16.7 Å². The Bertz CT molecular complexity index is 530. The van der Waals surface area contributed by atoms with Crippen LogP contribution < -0.4 is 10.5 Å². The maximum absolute atomic E-state index is 5.87. The van der Waals surface area contributed by atoms with Crippen LogP contribution in [0.5, 0.6) is 5.75 Å². The minimum absolute atomic E-state index is 0.610. The molecule has 3 rings (SSSR count). The number of anilines is 1. The Labute approximate surface area is 87.7 Å². The molecule has 0 fully saturated rings. The normalized spacial score (nSPS) is 14.5. The van der Waals surface area contributed by atoms with Gasteiger partial charge in [0.2, 0.25) is 5.95 Å². The standard InChI is InChI=1S/C11H13N3O/c1-15-8-5-7-3-2-4-14-10(7)9(6-8)13-11(14)12/h5-6H,2-4H2,1H3,(H2,12,13). The molecule has 15 heavy (non-hydrogen) atoms. The average molecular weight is 203 g/mol. The van der Waals surface area contributed by atoms with Gasteiger partial charge < -0.3 is 15.0 Å². The van der Waals surface area contributed by atoms with Crippen LogP contribution in [0.3, 0.4) is 0 Å². The van der Waals surface area contributed by atoms with E-state index in [1.54, 1.807) is 7.11 Å². The zero-order chi connectivity index (χ0) is 10.4. The first kappa shape index (κ1) is 8.59. The molecule has 78 valence electrons. The molecule has 4 heteroatoms. The second-order valence-corrected chi connectivity index (χ2v) is 3.88. The number of ether oxygens (including phenoxy) is 1. The van der Waals surface area contributed by atoms with Gasteiger partial charge in [0.15, 0.2) is 0 Å². The maximum atomic E-state index is 5.87. The van der Waals surface area contributed by atoms with E-state index in [1.165, 1.54) is 11.1 Å². The predicted octanol–water partition coefficient (Wildman–Crippen LogP) is 1.57. The summed E-state index contributed by atoms with van der Waals surface area (Å²) in [5.41, 5.74) is 9.29. The van der Waals surface area contributed by atoms with Gasteiger partial charge in [-0.2, -0.15) is 0 Å². The molecular formula is C11H13N3O. The molecule has 1 aliphatic rings. The highest BCUT2D eigenvalue weighted by molar-refractivity contribution is 5.84. The predicted molar refractivity (Wildman–Crippen MR) is 59.0 cm³/mol. The molecule has 0 aliphatic carbocycles. The van der Waals surface area contributed by atoms with Crippen LogP contribution in [0, 0.1) is 0 Å². The van der Waals surface area contributed by atoms with Gasteiger partial charge in [-0.15, -0.1) is 0 Å². The lowest BCUT2D eigenvalue weighted by molar-refractivity contribution is 0.414. The van der Waals surface area contributed by atoms with Crippen LogP contribution in [0.15, 0.2) is 12.1 Å². The number of rotatable bonds is 1. The van der Waals surface area contributed by atoms with E-state index in [0.717, 1.165) is 30.7 Å². The van der Waals surface area contributed by atoms with Gasteiger partial charge in [0, 0.05) is 12.6 Å². The zero-order valence-corrected chi connectivity index (χ0v) is 8.66. The van der Waals surface area contributed by atoms with Crippen molar-refractivity contribution in [2.24, 2.45) is 0 Å². The van der Waals surface area contributed by atoms with Crippen LogP contribution in [0.4, 0.5) is 5.95 Å². The van der Waals surface area contributed by atoms with E-state index in [-0.39, 0.29) is 0 Å². The highest BCUT2D eigenvalue weighted by Crippen LogP contribution is 2.31. The molecule has 1 aromatic heterocycles. The molecule has 0 saturated carbocycles. The average Bonchev–Trinajstić information content (AvgIpc) is 2.58. The number of aryl methyl sites for hydroxylation is 2. The lowest BCUT2D eigenvalue weighted by Crippen LogP contribution is -2.10. The summed E-state index contributed by atoms with van der Waals surface area (Å²) in [5, 5.41) is 0. The molecule has 0 bridgehead atoms. The summed E-state index contributed by atoms with van der Waals surface area (Å²) in [4.78, 5) is 4.35. The van der Waals surface area contributed by atoms with E-state index in [1.807, 2.05) is 6.07 Å². The molecule has 0 radical (unpaired) electrons. The fourth-order valence-electron chi connectivity index (χ4n) is 2.31. The van der Waals surface area contributed by atoms with Gasteiger partial charge in [-0.05, 0) is 24.5 Å². The summed E-state index contributed by atoms with van der Waals surface area (Å²) in [6, 6.07) is 4.02. The molecular weight excluding hydrogens is 190 g/mol. The first-order valence-electron chi connectivity index (χ1n) is 5.12. The van der Waals surface area contributed by atoms with Gasteiger partial charge in [-0.1, -0.05) is 0 Å². The molecule has 4 nitrogen and oxygen atoms in total. The molecule has 1 aliphatic heterocycles. The zero-order valence-electron chi connectivity index (χ0n) is 8.66. The molecule has 2 heterocycles. The van der Waals surface area contributed by atoms with E-state index in [0.29, 0.717) is 5.95 Å². The van der Waals surface area contributed by atoms with E-state index in [4.69, 9.17) is 10.5 Å². The van der Waals surface area contributed by atoms with Gasteiger partial charge in [-0.25, -0.2) is 4.98 Å². The first-order chi connectivity index (χ1) is 7.29. The van der Waals surface area contributed by atoms with Crippen molar-refractivity contribution < 1.29 is 4.74 Å². The number of hydrogen-bond donors (Lipinski definition) is 1. The Kier molecular flexibility index (Phi) is 1.65. The second-order valence-electron chi connectivity index (χ2n) is 3.88. The van der Waals surface area contributed by atoms with E-state index >= 15 is 0 Å². The minimum atomic E-state index is 0.610. The number of nitrogen functional groups attached to an aromatic ring is 1. The van der Waals surface area contributed by atoms with Crippen LogP contribution in [0.2, 0.25) is 0 Å². The van der Waals surface area contributed by atoms with Crippen molar-refractivity contribution in [1.82, 2.24) is 9.55 Å². The third-order valence-electron chi connectivity index (χ3n) is 2.99. The summed E-state index contributed by atoms with van der Waals surface area (Å²) in [6.45, 7) is 0.974. The third-order valence-corrected chi connectivity index (χ3v) is 2.99. The summed E-state index contributed by atoms with van der Waals surface area (Å²) in [6.07, 6.45) is 2.20. The number of nitrogens with two attached hydrogens (primary N) is 1. The topological polar surface area (TPSA) is 53.1 Å². The SMILES string of the molecule is COc1cc2c3c(c1)nc(N)n3CCC2. The minimum Gasteiger partial charge on any atom is -0.497 e. The second kappa shape index (κ2) is 2.89. The fourth-order valence-corrected chi connectivity index (χ4v) is 2.31. The number of nitrogens with zero attached hydrogens (tertiary/aromatic N) is 2. The Balaban J connectivity index is 2.39. The molecule has 0 amide bonds. The lowest BCUT2D eigenvalue weighted by atomic mass is 10.0. The quantitative estimate of drug-likeness (QED) is 0.765. The molecule has 0 unspecified atom stereocenters. The highest BCUT2D eigenvalue weighted by Gasteiger charge is 2.17. The van der Waals surface area contributed by atoms with E-state index in [9.17, 15) is 0 Å². The maximum Gasteiger partial charge on any atom is 0.201 e. The fraction of sp³-hybridized carbons (Fsp3) is 0.364. The third kappa shape index (κ3) is 1.11. The van der Waals surface area contributed by atoms with Crippen LogP contribution >= 0.6 is 0 Å². The summed E-state index contributed by atoms with van der Waals surface area (Å²) in [5.74, 6) is 1.48. The van der Waals surface area contributed by atoms with Crippen molar-refractivity contribution in [3.05, 3.63) is 17.7 Å². The van der Waals surface area contributed by atoms with Crippen molar-refractivity contribution >= 4 is 17.0 Å². The Morgan fingerprint density at radius 2 is 2.33 bits per heavy atom. The molecule has 1 aromatic carbocycles. The smallest absolute Gasteiger partial charge is 0.201 e. The number of imidazole rings is 1. The van der Waals surface area contributed by atoms with E-state index in [2.05, 4.69) is 15.6 Å². The monoisotopic (exact) mass is 203 g/mol. The van der Waals surface area contributed by atoms with Crippen LogP contribution in [0.25, 0.3) is 11.0 Å². The molecule has 0 atom stereocenters. The van der Waals surface area contributed by atoms with Gasteiger partial charge in [-0.3, -0.25) is 0 Å². The van der Waals surface area contributed by atoms with E-state index < -0.39 is 0 Å². The van der Waals surface area contributed by atoms with Crippen LogP contribution in [0.1, 0.15) is 12.0 Å². The Morgan fingerprint density at radius 1 is 1.47 bits per heavy atom. The van der Waals surface area contributed by atoms with Crippen molar-refractivity contribution in [1.29, 1.82) is 0 Å². The van der Waals surface area contributed by atoms with Gasteiger partial charge in [0.1, 0.15) is 5.75 Å². The van der Waals surface area contributed by atoms with Gasteiger partial charge >= 0.3 is 0 Å². The van der Waals surface area contributed by atoms with Crippen molar-refractivity contribution in [3.63, 3.8) is 0 Å². The Hall–Kier alpha value is -1.71. The summed E-state index contributed by atoms with van der Waals surface area (Å²) in [7, 11) is 1.68. The van der Waals surface area contributed by atoms with Gasteiger partial charge in [0.05, 0.1) is 18.1 Å². The number of benzene rings is 1. The number of hydrogen-bond acceptors (Lipinski definition) is 3. The van der Waals surface area contributed by atoms with Crippen molar-refractivity contribution in [2.75, 3.05) is 12.8 Å². The molecule has 0 spiro atoms. The highest BCUT2D eigenvalue weighted by atomic mass is 16.5. The summed E-state index contributed by atoms with van der Waals surface area (Å²) >= 11 is 0. The van der Waals surface area contributed by atoms with Crippen molar-refractivity contribution in [3.8, 4) is 5.75 Å². The Morgan fingerprint density at radius 3 is 3.13 bits per heavy atom. The number of aromatic nitrogens is 2. The molecule has 0 saturated heterocycles. The van der Waals surface area contributed by atoms with Crippen molar-refractivity contribution in [2.45, 2.75) is 19.4 Å².